The highest BCUT2D eigenvalue weighted by Gasteiger charge is 2.37. The van der Waals surface area contributed by atoms with Gasteiger partial charge in [0.25, 0.3) is 35.0 Å². The molecule has 23 nitrogen and oxygen atoms in total. The fraction of sp³-hybridized carbons (Fsp3) is 0.286. The lowest BCUT2D eigenvalue weighted by molar-refractivity contribution is -0.384. The van der Waals surface area contributed by atoms with Gasteiger partial charge in [-0.05, 0) is 48.4 Å². The SMILES string of the molecule is C[C@H](NC(=O)CNC(=O)CCC(=O)O)C(=O)N[C@@H](Cc1ccccc1)C(=O)N(CCCNCCN1C(=O)c2cccc3cc([N+](=O)[O-])cc(c23)C1=O)CCN1C(=O)c2cccc3cc([N+](=O)[O-])cc(c23)C1=O. The van der Waals surface area contributed by atoms with Crippen LogP contribution in [0.2, 0.25) is 0 Å². The standard InChI is InChI=1S/C49H47N9O14/c1-28(52-40(60)27-51-39(59)14-15-41(61)62)44(63)53-38(22-29-8-3-2-4-9-29)49(68)54(20-21-56-46(65)35-13-6-11-31-24-33(58(71)72)26-37(43(31)35)48(56)67)18-7-16-50-17-19-55-45(64)34-12-5-10-30-23-32(57(69)70)25-36(42(30)34)47(55)66/h2-6,8-13,23-26,28,38,50H,7,14-22,27H2,1H3,(H,51,59)(H,52,60)(H,53,63)(H,61,62)/t28-,38-/m0/s1. The van der Waals surface area contributed by atoms with E-state index in [2.05, 4.69) is 21.3 Å². The van der Waals surface area contributed by atoms with E-state index >= 15 is 0 Å². The predicted molar refractivity (Wildman–Crippen MR) is 256 cm³/mol. The molecule has 5 N–H and O–H groups in total. The van der Waals surface area contributed by atoms with Crippen LogP contribution in [0.4, 0.5) is 11.4 Å². The third kappa shape index (κ3) is 11.4. The zero-order valence-corrected chi connectivity index (χ0v) is 38.6. The summed E-state index contributed by atoms with van der Waals surface area (Å²) in [7, 11) is 0. The zero-order valence-electron chi connectivity index (χ0n) is 38.6. The molecule has 2 aliphatic heterocycles. The van der Waals surface area contributed by atoms with Crippen LogP contribution in [0.1, 0.15) is 73.2 Å². The molecule has 0 fully saturated rings. The number of aliphatic carboxylic acids is 1. The number of amides is 8. The van der Waals surface area contributed by atoms with E-state index < -0.39 is 88.1 Å². The lowest BCUT2D eigenvalue weighted by Gasteiger charge is -2.32. The Hall–Kier alpha value is -8.99. The average molecular weight is 986 g/mol. The molecule has 2 heterocycles. The monoisotopic (exact) mass is 985 g/mol. The van der Waals surface area contributed by atoms with Crippen LogP contribution in [0.15, 0.2) is 91.0 Å². The van der Waals surface area contributed by atoms with Crippen molar-refractivity contribution in [2.24, 2.45) is 0 Å². The molecule has 0 radical (unpaired) electrons. The van der Waals surface area contributed by atoms with Crippen molar-refractivity contribution >= 4 is 86.1 Å². The summed E-state index contributed by atoms with van der Waals surface area (Å²) in [5, 5.41) is 44.1. The number of nitrogens with one attached hydrogen (secondary N) is 4. The molecule has 372 valence electrons. The Kier molecular flexibility index (Phi) is 15.7. The van der Waals surface area contributed by atoms with Gasteiger partial charge < -0.3 is 31.3 Å². The van der Waals surface area contributed by atoms with E-state index in [9.17, 15) is 63.4 Å². The van der Waals surface area contributed by atoms with Gasteiger partial charge in [0.2, 0.25) is 23.6 Å². The Morgan fingerprint density at radius 3 is 1.76 bits per heavy atom. The number of hydrogen-bond donors (Lipinski definition) is 5. The molecule has 7 rings (SSSR count). The van der Waals surface area contributed by atoms with E-state index in [1.165, 1.54) is 42.2 Å². The molecule has 23 heteroatoms. The number of nitrogens with zero attached hydrogens (tertiary/aromatic N) is 5. The van der Waals surface area contributed by atoms with Crippen molar-refractivity contribution in [2.75, 3.05) is 45.8 Å². The van der Waals surface area contributed by atoms with Gasteiger partial charge in [0, 0.05) is 91.7 Å². The van der Waals surface area contributed by atoms with Crippen LogP contribution in [-0.2, 0) is 30.4 Å². The number of imide groups is 2. The van der Waals surface area contributed by atoms with Crippen molar-refractivity contribution in [3.05, 3.63) is 139 Å². The van der Waals surface area contributed by atoms with Crippen molar-refractivity contribution in [1.29, 1.82) is 0 Å². The molecule has 0 spiro atoms. The number of carboxylic acids is 1. The molecule has 0 aromatic heterocycles. The van der Waals surface area contributed by atoms with Gasteiger partial charge in [-0.15, -0.1) is 0 Å². The Labute approximate surface area is 408 Å². The minimum absolute atomic E-state index is 0.0139. The second kappa shape index (κ2) is 22.2. The summed E-state index contributed by atoms with van der Waals surface area (Å²) in [4.78, 5) is 144. The third-order valence-corrected chi connectivity index (χ3v) is 12.1. The van der Waals surface area contributed by atoms with Crippen LogP contribution in [0.25, 0.3) is 21.5 Å². The summed E-state index contributed by atoms with van der Waals surface area (Å²) >= 11 is 0. The van der Waals surface area contributed by atoms with Gasteiger partial charge in [-0.2, -0.15) is 0 Å². The molecular formula is C49H47N9O14. The van der Waals surface area contributed by atoms with Crippen molar-refractivity contribution < 1.29 is 58.1 Å². The maximum Gasteiger partial charge on any atom is 0.303 e. The summed E-state index contributed by atoms with van der Waals surface area (Å²) in [5.41, 5.74) is 0.214. The van der Waals surface area contributed by atoms with E-state index in [0.717, 1.165) is 21.9 Å². The van der Waals surface area contributed by atoms with E-state index in [-0.39, 0.29) is 97.5 Å². The number of nitro groups is 2. The molecule has 2 atom stereocenters. The van der Waals surface area contributed by atoms with Gasteiger partial charge in [-0.1, -0.05) is 54.6 Å². The highest BCUT2D eigenvalue weighted by molar-refractivity contribution is 6.27. The van der Waals surface area contributed by atoms with E-state index in [4.69, 9.17) is 5.11 Å². The lowest BCUT2D eigenvalue weighted by atomic mass is 9.93. The number of benzene rings is 5. The maximum absolute atomic E-state index is 14.8. The van der Waals surface area contributed by atoms with Crippen LogP contribution in [0, 0.1) is 20.2 Å². The topological polar surface area (TPSA) is 318 Å². The van der Waals surface area contributed by atoms with Gasteiger partial charge >= 0.3 is 5.97 Å². The first-order chi connectivity index (χ1) is 34.4. The quantitative estimate of drug-likeness (QED) is 0.0272. The summed E-state index contributed by atoms with van der Waals surface area (Å²) in [5.74, 6) is -6.94. The Morgan fingerprint density at radius 2 is 1.21 bits per heavy atom. The molecule has 0 saturated heterocycles. The molecule has 0 saturated carbocycles. The molecule has 0 bridgehead atoms. The second-order valence-electron chi connectivity index (χ2n) is 17.0. The lowest BCUT2D eigenvalue weighted by Crippen LogP contribution is -2.56. The van der Waals surface area contributed by atoms with Gasteiger partial charge in [-0.25, -0.2) is 0 Å². The summed E-state index contributed by atoms with van der Waals surface area (Å²) in [6.45, 7) is 0.210. The maximum atomic E-state index is 14.8. The Morgan fingerprint density at radius 1 is 0.653 bits per heavy atom. The van der Waals surface area contributed by atoms with Gasteiger partial charge in [0.1, 0.15) is 12.1 Å². The van der Waals surface area contributed by atoms with Gasteiger partial charge in [-0.3, -0.25) is 73.2 Å². The number of carbonyl (C=O) groups is 9. The number of non-ortho nitro benzene ring substituents is 2. The van der Waals surface area contributed by atoms with E-state index in [1.807, 2.05) is 0 Å². The molecule has 8 amide bonds. The first-order valence-corrected chi connectivity index (χ1v) is 22.7. The van der Waals surface area contributed by atoms with Crippen molar-refractivity contribution in [3.63, 3.8) is 0 Å². The van der Waals surface area contributed by atoms with Crippen LogP contribution in [-0.4, -0.2) is 141 Å². The molecule has 72 heavy (non-hydrogen) atoms. The Balaban J connectivity index is 1.07. The number of carboxylic acid groups (broad SMARTS) is 1. The van der Waals surface area contributed by atoms with Crippen molar-refractivity contribution in [1.82, 2.24) is 36.0 Å². The number of nitro benzene ring substituents is 2. The summed E-state index contributed by atoms with van der Waals surface area (Å²) in [6.07, 6.45) is -0.678. The van der Waals surface area contributed by atoms with Gasteiger partial charge in [0.05, 0.1) is 33.9 Å². The molecule has 2 aliphatic rings. The minimum atomic E-state index is -1.30. The van der Waals surface area contributed by atoms with Crippen LogP contribution in [0.5, 0.6) is 0 Å². The van der Waals surface area contributed by atoms with E-state index in [0.29, 0.717) is 21.7 Å². The zero-order chi connectivity index (χ0) is 51.8. The Bertz CT molecular complexity index is 3070. The second-order valence-corrected chi connectivity index (χ2v) is 17.0. The average Bonchev–Trinajstić information content (AvgIpc) is 3.36. The summed E-state index contributed by atoms with van der Waals surface area (Å²) in [6, 6.07) is 20.1. The van der Waals surface area contributed by atoms with Crippen molar-refractivity contribution in [2.45, 2.75) is 44.7 Å². The van der Waals surface area contributed by atoms with Gasteiger partial charge in [0.15, 0.2) is 0 Å². The fourth-order valence-corrected chi connectivity index (χ4v) is 8.58. The summed E-state index contributed by atoms with van der Waals surface area (Å²) < 4.78 is 0. The number of carbonyl (C=O) groups excluding carboxylic acids is 8. The third-order valence-electron chi connectivity index (χ3n) is 12.1. The van der Waals surface area contributed by atoms with Crippen LogP contribution >= 0.6 is 0 Å². The smallest absolute Gasteiger partial charge is 0.303 e. The largest absolute Gasteiger partial charge is 0.481 e. The highest BCUT2D eigenvalue weighted by Crippen LogP contribution is 2.35. The number of hydrogen-bond acceptors (Lipinski definition) is 14. The minimum Gasteiger partial charge on any atom is -0.481 e. The predicted octanol–water partition coefficient (Wildman–Crippen LogP) is 2.72. The highest BCUT2D eigenvalue weighted by atomic mass is 16.6. The first kappa shape index (κ1) is 50.9. The van der Waals surface area contributed by atoms with Crippen molar-refractivity contribution in [3.8, 4) is 0 Å². The number of rotatable bonds is 23. The fourth-order valence-electron chi connectivity index (χ4n) is 8.58. The normalized spacial score (nSPS) is 13.7. The van der Waals surface area contributed by atoms with E-state index in [1.54, 1.807) is 48.5 Å². The van der Waals surface area contributed by atoms with Crippen LogP contribution < -0.4 is 21.3 Å². The molecule has 5 aromatic rings. The van der Waals surface area contributed by atoms with Crippen LogP contribution in [0.3, 0.4) is 0 Å². The molecule has 0 aliphatic carbocycles. The first-order valence-electron chi connectivity index (χ1n) is 22.7. The molecule has 0 unspecified atom stereocenters. The molecule has 5 aromatic carbocycles. The molecular weight excluding hydrogens is 939 g/mol.